The second-order valence-corrected chi connectivity index (χ2v) is 2.95. The summed E-state index contributed by atoms with van der Waals surface area (Å²) >= 11 is 0. The Morgan fingerprint density at radius 2 is 1.29 bits per heavy atom. The zero-order valence-electron chi connectivity index (χ0n) is 10.4. The molecule has 0 aromatic heterocycles. The average Bonchev–Trinajstić information content (AvgIpc) is 2.15. The number of hydrogen-bond acceptors (Lipinski definition) is 0. The van der Waals surface area contributed by atoms with Crippen LogP contribution in [0.15, 0.2) is 38.0 Å². The maximum absolute atomic E-state index is 3.66. The van der Waals surface area contributed by atoms with Crippen LogP contribution in [0.4, 0.5) is 0 Å². The first kappa shape index (κ1) is 18.9. The highest BCUT2D eigenvalue weighted by atomic mass is 13.9. The minimum absolute atomic E-state index is 1.19. The molecule has 0 spiro atoms. The molecule has 0 radical (unpaired) electrons. The summed E-state index contributed by atoms with van der Waals surface area (Å²) in [4.78, 5) is 0. The van der Waals surface area contributed by atoms with Crippen LogP contribution in [0.5, 0.6) is 0 Å². The lowest BCUT2D eigenvalue weighted by Gasteiger charge is -1.91. The summed E-state index contributed by atoms with van der Waals surface area (Å²) in [5.41, 5.74) is 0. The normalized spacial score (nSPS) is 7.07. The molecule has 0 heterocycles. The van der Waals surface area contributed by atoms with Gasteiger partial charge in [0.05, 0.1) is 0 Å². The van der Waals surface area contributed by atoms with Crippen molar-refractivity contribution in [1.82, 2.24) is 0 Å². The molecule has 0 fully saturated rings. The van der Waals surface area contributed by atoms with E-state index in [0.717, 1.165) is 0 Å². The zero-order valence-corrected chi connectivity index (χ0v) is 10.4. The predicted molar refractivity (Wildman–Crippen MR) is 70.7 cm³/mol. The number of unbranched alkanes of at least 4 members (excludes halogenated alkanes) is 4. The van der Waals surface area contributed by atoms with E-state index in [9.17, 15) is 0 Å². The lowest BCUT2D eigenvalue weighted by Crippen LogP contribution is -1.71. The van der Waals surface area contributed by atoms with Crippen LogP contribution in [0.1, 0.15) is 52.9 Å². The minimum Gasteiger partial charge on any atom is -0.103 e. The van der Waals surface area contributed by atoms with Crippen molar-refractivity contribution in [2.24, 2.45) is 0 Å². The fourth-order valence-electron chi connectivity index (χ4n) is 0.715. The first-order valence-corrected chi connectivity index (χ1v) is 5.49. The molecule has 0 saturated carbocycles. The van der Waals surface area contributed by atoms with Crippen LogP contribution in [0, 0.1) is 0 Å². The molecule has 0 rings (SSSR count). The molecular formula is C14H28. The first-order chi connectivity index (χ1) is 6.74. The van der Waals surface area contributed by atoms with Crippen LogP contribution < -0.4 is 0 Å². The smallest absolute Gasteiger partial charge is 0.0353 e. The van der Waals surface area contributed by atoms with E-state index in [0.29, 0.717) is 0 Å². The van der Waals surface area contributed by atoms with Crippen LogP contribution >= 0.6 is 0 Å². The summed E-state index contributed by atoms with van der Waals surface area (Å²) in [5, 5.41) is 0. The van der Waals surface area contributed by atoms with Crippen LogP contribution in [-0.2, 0) is 0 Å². The molecule has 0 aliphatic heterocycles. The highest BCUT2D eigenvalue weighted by Crippen LogP contribution is 2.01. The molecule has 0 saturated heterocycles. The van der Waals surface area contributed by atoms with Gasteiger partial charge in [0.2, 0.25) is 0 Å². The van der Waals surface area contributed by atoms with Crippen molar-refractivity contribution in [2.75, 3.05) is 0 Å². The van der Waals surface area contributed by atoms with E-state index in [-0.39, 0.29) is 0 Å². The van der Waals surface area contributed by atoms with Crippen molar-refractivity contribution >= 4 is 0 Å². The Hall–Kier alpha value is -0.780. The lowest BCUT2D eigenvalue weighted by molar-refractivity contribution is 0.675. The third-order valence-corrected chi connectivity index (χ3v) is 1.26. The van der Waals surface area contributed by atoms with Gasteiger partial charge in [0.15, 0.2) is 0 Å². The van der Waals surface area contributed by atoms with Gasteiger partial charge in [-0.05, 0) is 26.7 Å². The zero-order chi connectivity index (χ0) is 11.7. The highest BCUT2D eigenvalue weighted by molar-refractivity contribution is 4.64. The number of hydrogen-bond donors (Lipinski definition) is 0. The molecule has 0 N–H and O–H groups in total. The third kappa shape index (κ3) is 65.8. The van der Waals surface area contributed by atoms with Gasteiger partial charge < -0.3 is 0 Å². The number of allylic oxidation sites excluding steroid dienone is 3. The third-order valence-electron chi connectivity index (χ3n) is 1.26. The van der Waals surface area contributed by atoms with Gasteiger partial charge in [-0.1, -0.05) is 44.4 Å². The lowest BCUT2D eigenvalue weighted by atomic mass is 10.2. The second kappa shape index (κ2) is 29.5. The Morgan fingerprint density at radius 3 is 1.57 bits per heavy atom. The van der Waals surface area contributed by atoms with Crippen LogP contribution in [-0.4, -0.2) is 0 Å². The Kier molecular flexibility index (Phi) is 39.8. The van der Waals surface area contributed by atoms with Crippen molar-refractivity contribution < 1.29 is 0 Å². The van der Waals surface area contributed by atoms with Crippen molar-refractivity contribution in [1.29, 1.82) is 0 Å². The number of rotatable bonds is 5. The van der Waals surface area contributed by atoms with Crippen LogP contribution in [0.25, 0.3) is 0 Å². The van der Waals surface area contributed by atoms with Crippen molar-refractivity contribution in [3.63, 3.8) is 0 Å². The fraction of sp³-hybridized carbons (Fsp3) is 0.571. The summed E-state index contributed by atoms with van der Waals surface area (Å²) in [7, 11) is 0. The van der Waals surface area contributed by atoms with Gasteiger partial charge in [0, 0.05) is 0 Å². The molecule has 0 heteroatoms. The van der Waals surface area contributed by atoms with E-state index in [1.165, 1.54) is 32.1 Å². The SMILES string of the molecule is C=CC.C=CC.C=CCCCCCC. The average molecular weight is 196 g/mol. The Bertz CT molecular complexity index is 94.6. The molecule has 0 atom stereocenters. The molecule has 0 amide bonds. The summed E-state index contributed by atoms with van der Waals surface area (Å²) < 4.78 is 0. The molecule has 0 aliphatic carbocycles. The minimum atomic E-state index is 1.19. The van der Waals surface area contributed by atoms with Crippen LogP contribution in [0.3, 0.4) is 0 Å². The first-order valence-electron chi connectivity index (χ1n) is 5.49. The van der Waals surface area contributed by atoms with E-state index in [4.69, 9.17) is 0 Å². The molecule has 0 nitrogen and oxygen atoms in total. The molecule has 0 aromatic carbocycles. The molecule has 0 aliphatic rings. The Balaban J connectivity index is -0.000000168. The molecule has 0 bridgehead atoms. The van der Waals surface area contributed by atoms with Gasteiger partial charge in [0.25, 0.3) is 0 Å². The molecule has 84 valence electrons. The summed E-state index contributed by atoms with van der Waals surface area (Å²) in [5.74, 6) is 0. The van der Waals surface area contributed by atoms with Gasteiger partial charge in [-0.2, -0.15) is 0 Å². The van der Waals surface area contributed by atoms with Gasteiger partial charge in [0.1, 0.15) is 0 Å². The topological polar surface area (TPSA) is 0 Å². The largest absolute Gasteiger partial charge is 0.103 e. The summed E-state index contributed by atoms with van der Waals surface area (Å²) in [6.07, 6.45) is 12.1. The highest BCUT2D eigenvalue weighted by Gasteiger charge is 1.81. The van der Waals surface area contributed by atoms with Gasteiger partial charge in [-0.3, -0.25) is 0 Å². The van der Waals surface area contributed by atoms with E-state index in [2.05, 4.69) is 26.7 Å². The Morgan fingerprint density at radius 1 is 0.857 bits per heavy atom. The van der Waals surface area contributed by atoms with Gasteiger partial charge >= 0.3 is 0 Å². The molecule has 14 heavy (non-hydrogen) atoms. The standard InChI is InChI=1S/C8H16.2C3H6/c1-3-5-7-8-6-4-2;2*1-3-2/h3H,1,4-8H2,2H3;2*3H,1H2,2H3. The Labute approximate surface area is 91.4 Å². The predicted octanol–water partition coefficient (Wildman–Crippen LogP) is 5.53. The maximum atomic E-state index is 3.66. The van der Waals surface area contributed by atoms with E-state index >= 15 is 0 Å². The van der Waals surface area contributed by atoms with Gasteiger partial charge in [-0.15, -0.1) is 19.7 Å². The maximum Gasteiger partial charge on any atom is -0.0353 e. The van der Waals surface area contributed by atoms with Crippen LogP contribution in [0.2, 0.25) is 0 Å². The molecular weight excluding hydrogens is 168 g/mol. The van der Waals surface area contributed by atoms with Gasteiger partial charge in [-0.25, -0.2) is 0 Å². The molecule has 0 aromatic rings. The van der Waals surface area contributed by atoms with Crippen molar-refractivity contribution in [3.8, 4) is 0 Å². The molecule has 0 unspecified atom stereocenters. The quantitative estimate of drug-likeness (QED) is 0.401. The van der Waals surface area contributed by atoms with E-state index in [1.54, 1.807) is 12.2 Å². The second-order valence-electron chi connectivity index (χ2n) is 2.95. The van der Waals surface area contributed by atoms with Crippen molar-refractivity contribution in [3.05, 3.63) is 38.0 Å². The fourth-order valence-corrected chi connectivity index (χ4v) is 0.715. The van der Waals surface area contributed by atoms with Crippen molar-refractivity contribution in [2.45, 2.75) is 52.9 Å². The monoisotopic (exact) mass is 196 g/mol. The summed E-state index contributed by atoms with van der Waals surface area (Å²) in [6, 6.07) is 0. The summed E-state index contributed by atoms with van der Waals surface area (Å²) in [6.45, 7) is 16.4. The van der Waals surface area contributed by atoms with E-state index < -0.39 is 0 Å². The van der Waals surface area contributed by atoms with E-state index in [1.807, 2.05) is 19.9 Å².